The number of amides is 2. The molecule has 0 spiro atoms. The van der Waals surface area contributed by atoms with E-state index in [-0.39, 0.29) is 24.0 Å². The van der Waals surface area contributed by atoms with Gasteiger partial charge >= 0.3 is 0 Å². The van der Waals surface area contributed by atoms with Crippen LogP contribution in [0.4, 0.5) is 0 Å². The fraction of sp³-hybridized carbons (Fsp3) is 0.556. The topological polar surface area (TPSA) is 49.9 Å². The van der Waals surface area contributed by atoms with Crippen molar-refractivity contribution in [2.24, 2.45) is 0 Å². The number of nitrogens with zero attached hydrogens (tertiary/aromatic N) is 2. The summed E-state index contributed by atoms with van der Waals surface area (Å²) < 4.78 is 5.37. The number of carbonyl (C=O) groups is 2. The smallest absolute Gasteiger partial charge is 0.245 e. The summed E-state index contributed by atoms with van der Waals surface area (Å²) in [5, 5.41) is 0. The number of methoxy groups -OCH3 is 1. The molecule has 0 unspecified atom stereocenters. The Morgan fingerprint density at radius 3 is 2.39 bits per heavy atom. The van der Waals surface area contributed by atoms with Crippen LogP contribution in [0.3, 0.4) is 0 Å². The highest BCUT2D eigenvalue weighted by molar-refractivity contribution is 5.88. The predicted molar refractivity (Wildman–Crippen MR) is 86.8 cm³/mol. The van der Waals surface area contributed by atoms with E-state index in [1.54, 1.807) is 18.9 Å². The number of benzene rings is 1. The number of likely N-dealkylation sites (tertiary alicyclic amines) is 1. The Balaban J connectivity index is 1.77. The van der Waals surface area contributed by atoms with Crippen LogP contribution in [0.5, 0.6) is 0 Å². The second kappa shape index (κ2) is 6.71. The van der Waals surface area contributed by atoms with E-state index < -0.39 is 0 Å². The summed E-state index contributed by atoms with van der Waals surface area (Å²) >= 11 is 0. The highest BCUT2D eigenvalue weighted by Crippen LogP contribution is 2.25. The SMILES string of the molecule is COC1CCN(C(=O)[C@@H]2Cc3ccccc3CN2C(C)=O)CC1. The lowest BCUT2D eigenvalue weighted by atomic mass is 9.92. The standard InChI is InChI=1S/C18H24N2O3/c1-13(21)20-12-15-6-4-3-5-14(15)11-17(20)18(22)19-9-7-16(23-2)8-10-19/h3-6,16-17H,7-12H2,1-2H3/t17-/m0/s1. The van der Waals surface area contributed by atoms with Crippen molar-refractivity contribution in [1.82, 2.24) is 9.80 Å². The second-order valence-corrected chi connectivity index (χ2v) is 6.40. The summed E-state index contributed by atoms with van der Waals surface area (Å²) in [7, 11) is 1.72. The van der Waals surface area contributed by atoms with Crippen molar-refractivity contribution < 1.29 is 14.3 Å². The van der Waals surface area contributed by atoms with Crippen LogP contribution in [0.25, 0.3) is 0 Å². The molecule has 1 saturated heterocycles. The van der Waals surface area contributed by atoms with Crippen molar-refractivity contribution in [1.29, 1.82) is 0 Å². The van der Waals surface area contributed by atoms with E-state index in [2.05, 4.69) is 6.07 Å². The minimum Gasteiger partial charge on any atom is -0.381 e. The molecule has 2 aliphatic rings. The van der Waals surface area contributed by atoms with Crippen molar-refractivity contribution in [2.75, 3.05) is 20.2 Å². The van der Waals surface area contributed by atoms with E-state index in [0.717, 1.165) is 18.4 Å². The van der Waals surface area contributed by atoms with Crippen molar-refractivity contribution in [2.45, 2.75) is 44.9 Å². The predicted octanol–water partition coefficient (Wildman–Crippen LogP) is 1.60. The van der Waals surface area contributed by atoms with E-state index in [0.29, 0.717) is 26.1 Å². The van der Waals surface area contributed by atoms with Crippen LogP contribution in [0.1, 0.15) is 30.9 Å². The van der Waals surface area contributed by atoms with E-state index in [1.165, 1.54) is 5.56 Å². The van der Waals surface area contributed by atoms with E-state index in [4.69, 9.17) is 4.74 Å². The molecule has 0 radical (unpaired) electrons. The van der Waals surface area contributed by atoms with E-state index >= 15 is 0 Å². The monoisotopic (exact) mass is 316 g/mol. The minimum atomic E-state index is -0.374. The molecule has 2 aliphatic heterocycles. The zero-order valence-corrected chi connectivity index (χ0v) is 13.8. The van der Waals surface area contributed by atoms with Gasteiger partial charge in [0.05, 0.1) is 6.10 Å². The number of hydrogen-bond acceptors (Lipinski definition) is 3. The molecule has 2 amide bonds. The molecule has 5 nitrogen and oxygen atoms in total. The maximum absolute atomic E-state index is 13.0. The summed E-state index contributed by atoms with van der Waals surface area (Å²) in [6.45, 7) is 3.49. The number of hydrogen-bond donors (Lipinski definition) is 0. The van der Waals surface area contributed by atoms with E-state index in [9.17, 15) is 9.59 Å². The highest BCUT2D eigenvalue weighted by Gasteiger charge is 2.36. The van der Waals surface area contributed by atoms with Gasteiger partial charge in [-0.3, -0.25) is 9.59 Å². The van der Waals surface area contributed by atoms with Gasteiger partial charge in [0.2, 0.25) is 11.8 Å². The molecule has 124 valence electrons. The third-order valence-corrected chi connectivity index (χ3v) is 5.03. The second-order valence-electron chi connectivity index (χ2n) is 6.40. The first-order valence-corrected chi connectivity index (χ1v) is 8.25. The van der Waals surface area contributed by atoms with Crippen LogP contribution < -0.4 is 0 Å². The largest absolute Gasteiger partial charge is 0.381 e. The van der Waals surface area contributed by atoms with E-state index in [1.807, 2.05) is 23.1 Å². The van der Waals surface area contributed by atoms with Crippen LogP contribution in [-0.2, 0) is 27.3 Å². The van der Waals surface area contributed by atoms with Gasteiger partial charge in [-0.05, 0) is 24.0 Å². The van der Waals surface area contributed by atoms with Gasteiger partial charge in [-0.15, -0.1) is 0 Å². The average molecular weight is 316 g/mol. The number of fused-ring (bicyclic) bond motifs is 1. The van der Waals surface area contributed by atoms with Gasteiger partial charge < -0.3 is 14.5 Å². The van der Waals surface area contributed by atoms with Gasteiger partial charge in [0.1, 0.15) is 6.04 Å². The maximum Gasteiger partial charge on any atom is 0.245 e. The molecule has 0 saturated carbocycles. The summed E-state index contributed by atoms with van der Waals surface area (Å²) in [5.41, 5.74) is 2.32. The fourth-order valence-electron chi connectivity index (χ4n) is 3.60. The van der Waals surface area contributed by atoms with Crippen LogP contribution in [-0.4, -0.2) is 54.0 Å². The first-order valence-electron chi connectivity index (χ1n) is 8.25. The third kappa shape index (κ3) is 3.24. The lowest BCUT2D eigenvalue weighted by molar-refractivity contribution is -0.147. The Labute approximate surface area is 137 Å². The molecular weight excluding hydrogens is 292 g/mol. The van der Waals surface area contributed by atoms with Crippen LogP contribution in [0, 0.1) is 0 Å². The van der Waals surface area contributed by atoms with Gasteiger partial charge in [0, 0.05) is 40.1 Å². The summed E-state index contributed by atoms with van der Waals surface area (Å²) in [5.74, 6) is 0.0360. The van der Waals surface area contributed by atoms with Crippen molar-refractivity contribution in [3.63, 3.8) is 0 Å². The number of ether oxygens (including phenoxy) is 1. The van der Waals surface area contributed by atoms with Crippen LogP contribution >= 0.6 is 0 Å². The summed E-state index contributed by atoms with van der Waals surface area (Å²) in [6, 6.07) is 7.70. The Morgan fingerprint density at radius 1 is 1.13 bits per heavy atom. The number of carbonyl (C=O) groups excluding carboxylic acids is 2. The molecule has 5 heteroatoms. The van der Waals surface area contributed by atoms with Gasteiger partial charge in [-0.2, -0.15) is 0 Å². The van der Waals surface area contributed by atoms with Crippen LogP contribution in [0.2, 0.25) is 0 Å². The molecule has 1 aromatic carbocycles. The van der Waals surface area contributed by atoms with Crippen molar-refractivity contribution in [3.8, 4) is 0 Å². The summed E-state index contributed by atoms with van der Waals surface area (Å²) in [6.07, 6.45) is 2.59. The molecule has 0 bridgehead atoms. The zero-order valence-electron chi connectivity index (χ0n) is 13.8. The van der Waals surface area contributed by atoms with Crippen molar-refractivity contribution >= 4 is 11.8 Å². The highest BCUT2D eigenvalue weighted by atomic mass is 16.5. The molecule has 3 rings (SSSR count). The third-order valence-electron chi connectivity index (χ3n) is 5.03. The quantitative estimate of drug-likeness (QED) is 0.833. The van der Waals surface area contributed by atoms with Gasteiger partial charge in [0.25, 0.3) is 0 Å². The van der Waals surface area contributed by atoms with Crippen LogP contribution in [0.15, 0.2) is 24.3 Å². The molecule has 1 aromatic rings. The first kappa shape index (κ1) is 16.0. The lowest BCUT2D eigenvalue weighted by Crippen LogP contribution is -2.54. The molecule has 0 aromatic heterocycles. The molecule has 0 aliphatic carbocycles. The summed E-state index contributed by atoms with van der Waals surface area (Å²) in [4.78, 5) is 28.6. The number of rotatable bonds is 2. The van der Waals surface area contributed by atoms with Gasteiger partial charge in [-0.25, -0.2) is 0 Å². The number of piperidine rings is 1. The molecular formula is C18H24N2O3. The fourth-order valence-corrected chi connectivity index (χ4v) is 3.60. The Morgan fingerprint density at radius 2 is 1.78 bits per heavy atom. The maximum atomic E-state index is 13.0. The minimum absolute atomic E-state index is 0.0374. The van der Waals surface area contributed by atoms with Gasteiger partial charge in [-0.1, -0.05) is 24.3 Å². The normalized spacial score (nSPS) is 21.9. The zero-order chi connectivity index (χ0) is 16.4. The molecule has 2 heterocycles. The lowest BCUT2D eigenvalue weighted by Gasteiger charge is -2.40. The van der Waals surface area contributed by atoms with Crippen molar-refractivity contribution in [3.05, 3.63) is 35.4 Å². The Bertz CT molecular complexity index is 594. The first-order chi connectivity index (χ1) is 11.1. The molecule has 1 atom stereocenters. The Hall–Kier alpha value is -1.88. The average Bonchev–Trinajstić information content (AvgIpc) is 2.60. The molecule has 23 heavy (non-hydrogen) atoms. The molecule has 1 fully saturated rings. The van der Waals surface area contributed by atoms with Gasteiger partial charge in [0.15, 0.2) is 0 Å². The Kier molecular flexibility index (Phi) is 4.66. The molecule has 0 N–H and O–H groups in total.